The zero-order valence-corrected chi connectivity index (χ0v) is 21.5. The van der Waals surface area contributed by atoms with Crippen LogP contribution in [0, 0.1) is 12.3 Å². The SMILES string of the molecule is Cc1ncnn1-c1ccc(S(=O)(=O)[C@@H]2CN(C(=O)NC3(C)CC3)N(C(=O)C3(C(F)(F)F)CC3)C2)c(Cl)c1. The van der Waals surface area contributed by atoms with Crippen molar-refractivity contribution in [3.63, 3.8) is 0 Å². The number of benzene rings is 1. The van der Waals surface area contributed by atoms with E-state index in [1.54, 1.807) is 13.8 Å². The Kier molecular flexibility index (Phi) is 5.79. The number of rotatable bonds is 5. The van der Waals surface area contributed by atoms with E-state index in [0.717, 1.165) is 5.01 Å². The van der Waals surface area contributed by atoms with Crippen LogP contribution >= 0.6 is 11.6 Å². The number of hydrogen-bond acceptors (Lipinski definition) is 6. The first kappa shape index (κ1) is 25.8. The van der Waals surface area contributed by atoms with Gasteiger partial charge in [-0.15, -0.1) is 0 Å². The van der Waals surface area contributed by atoms with E-state index in [4.69, 9.17) is 11.6 Å². The van der Waals surface area contributed by atoms with Crippen molar-refractivity contribution in [2.45, 2.75) is 61.4 Å². The fraction of sp³-hybridized carbons (Fsp3) is 0.545. The van der Waals surface area contributed by atoms with Gasteiger partial charge in [-0.2, -0.15) is 18.3 Å². The van der Waals surface area contributed by atoms with Gasteiger partial charge in [-0.05, 0) is 57.7 Å². The van der Waals surface area contributed by atoms with Gasteiger partial charge in [0.2, 0.25) is 0 Å². The number of hydrogen-bond donors (Lipinski definition) is 1. The van der Waals surface area contributed by atoms with Gasteiger partial charge in [0.25, 0.3) is 5.91 Å². The van der Waals surface area contributed by atoms with Crippen molar-refractivity contribution < 1.29 is 31.2 Å². The van der Waals surface area contributed by atoms with Crippen molar-refractivity contribution in [2.24, 2.45) is 5.41 Å². The summed E-state index contributed by atoms with van der Waals surface area (Å²) in [5.74, 6) is -0.779. The molecule has 0 unspecified atom stereocenters. The number of urea groups is 1. The summed E-state index contributed by atoms with van der Waals surface area (Å²) in [6.45, 7) is 2.36. The molecule has 1 saturated heterocycles. The number of sulfone groups is 1. The maximum Gasteiger partial charge on any atom is 0.403 e. The van der Waals surface area contributed by atoms with Crippen molar-refractivity contribution in [2.75, 3.05) is 13.1 Å². The van der Waals surface area contributed by atoms with Crippen molar-refractivity contribution >= 4 is 33.4 Å². The van der Waals surface area contributed by atoms with Gasteiger partial charge in [-0.1, -0.05) is 11.6 Å². The highest BCUT2D eigenvalue weighted by molar-refractivity contribution is 7.92. The van der Waals surface area contributed by atoms with Crippen LogP contribution < -0.4 is 5.32 Å². The van der Waals surface area contributed by atoms with E-state index in [1.807, 2.05) is 0 Å². The number of alkyl halides is 3. The molecule has 1 aromatic carbocycles. The number of nitrogens with zero attached hydrogens (tertiary/aromatic N) is 5. The fourth-order valence-electron chi connectivity index (χ4n) is 4.43. The zero-order chi connectivity index (χ0) is 27.0. The summed E-state index contributed by atoms with van der Waals surface area (Å²) in [5.41, 5.74) is -2.69. The first-order valence-corrected chi connectivity index (χ1v) is 13.5. The lowest BCUT2D eigenvalue weighted by Crippen LogP contribution is -2.55. The Hall–Kier alpha value is -2.87. The average molecular weight is 561 g/mol. The molecule has 1 atom stereocenters. The molecule has 2 heterocycles. The normalized spacial score (nSPS) is 22.2. The van der Waals surface area contributed by atoms with Gasteiger partial charge in [-0.3, -0.25) is 4.79 Å². The third-order valence-electron chi connectivity index (χ3n) is 7.25. The van der Waals surface area contributed by atoms with Gasteiger partial charge in [0, 0.05) is 5.54 Å². The second kappa shape index (κ2) is 8.32. The Morgan fingerprint density at radius 3 is 2.30 bits per heavy atom. The number of amides is 3. The van der Waals surface area contributed by atoms with Crippen molar-refractivity contribution in [3.05, 3.63) is 35.4 Å². The topological polar surface area (TPSA) is 118 Å². The molecule has 0 radical (unpaired) electrons. The monoisotopic (exact) mass is 560 g/mol. The molecule has 1 N–H and O–H groups in total. The molecule has 15 heteroatoms. The first-order valence-electron chi connectivity index (χ1n) is 11.6. The highest BCUT2D eigenvalue weighted by Crippen LogP contribution is 2.59. The minimum Gasteiger partial charge on any atom is -0.331 e. The molecule has 37 heavy (non-hydrogen) atoms. The van der Waals surface area contributed by atoms with Crippen molar-refractivity contribution in [1.82, 2.24) is 30.1 Å². The first-order chi connectivity index (χ1) is 17.2. The predicted octanol–water partition coefficient (Wildman–Crippen LogP) is 3.04. The van der Waals surface area contributed by atoms with E-state index in [-0.39, 0.29) is 9.92 Å². The highest BCUT2D eigenvalue weighted by Gasteiger charge is 2.70. The van der Waals surface area contributed by atoms with Crippen LogP contribution in [0.25, 0.3) is 5.69 Å². The largest absolute Gasteiger partial charge is 0.403 e. The van der Waals surface area contributed by atoms with E-state index in [0.29, 0.717) is 29.4 Å². The molecule has 5 rings (SSSR count). The Labute approximate surface area is 215 Å². The molecule has 10 nitrogen and oxygen atoms in total. The molecule has 2 saturated carbocycles. The lowest BCUT2D eigenvalue weighted by molar-refractivity contribution is -0.203. The summed E-state index contributed by atoms with van der Waals surface area (Å²) in [4.78, 5) is 29.8. The number of carbonyl (C=O) groups excluding carboxylic acids is 2. The van der Waals surface area contributed by atoms with Crippen LogP contribution in [0.3, 0.4) is 0 Å². The smallest absolute Gasteiger partial charge is 0.331 e. The van der Waals surface area contributed by atoms with Gasteiger partial charge in [0.15, 0.2) is 9.84 Å². The van der Waals surface area contributed by atoms with Crippen molar-refractivity contribution in [3.8, 4) is 5.69 Å². The molecule has 3 fully saturated rings. The molecular weight excluding hydrogens is 537 g/mol. The van der Waals surface area contributed by atoms with Gasteiger partial charge < -0.3 is 5.32 Å². The summed E-state index contributed by atoms with van der Waals surface area (Å²) < 4.78 is 69.8. The maximum absolute atomic E-state index is 13.7. The van der Waals surface area contributed by atoms with E-state index in [9.17, 15) is 31.2 Å². The van der Waals surface area contributed by atoms with Crippen LogP contribution in [0.15, 0.2) is 29.4 Å². The summed E-state index contributed by atoms with van der Waals surface area (Å²) in [7, 11) is -4.26. The number of hydrazine groups is 1. The zero-order valence-electron chi connectivity index (χ0n) is 19.9. The Bertz CT molecular complexity index is 1390. The fourth-order valence-corrected chi connectivity index (χ4v) is 6.55. The number of halogens is 4. The van der Waals surface area contributed by atoms with Crippen LogP contribution in [-0.4, -0.2) is 75.2 Å². The van der Waals surface area contributed by atoms with Crippen LogP contribution in [0.2, 0.25) is 5.02 Å². The summed E-state index contributed by atoms with van der Waals surface area (Å²) in [6.07, 6.45) is -2.97. The van der Waals surface area contributed by atoms with Gasteiger partial charge in [-0.25, -0.2) is 32.9 Å². The molecular formula is C22H24ClF3N6O4S. The molecule has 0 bridgehead atoms. The van der Waals surface area contributed by atoms with Crippen molar-refractivity contribution in [1.29, 1.82) is 0 Å². The molecule has 200 valence electrons. The molecule has 3 amide bonds. The van der Waals surface area contributed by atoms with E-state index in [2.05, 4.69) is 15.4 Å². The third-order valence-corrected chi connectivity index (χ3v) is 9.82. The summed E-state index contributed by atoms with van der Waals surface area (Å²) >= 11 is 6.33. The number of nitrogens with one attached hydrogen (secondary N) is 1. The quantitative estimate of drug-likeness (QED) is 0.601. The molecule has 3 aliphatic rings. The average Bonchev–Trinajstić information content (AvgIpc) is 3.66. The summed E-state index contributed by atoms with van der Waals surface area (Å²) in [6, 6.07) is 3.31. The minimum absolute atomic E-state index is 0.132. The molecule has 0 spiro atoms. The molecule has 1 aliphatic heterocycles. The van der Waals surface area contributed by atoms with Gasteiger partial charge in [0.1, 0.15) is 22.8 Å². The Morgan fingerprint density at radius 2 is 1.78 bits per heavy atom. The van der Waals surface area contributed by atoms with Crippen LogP contribution in [0.5, 0.6) is 0 Å². The minimum atomic E-state index is -4.82. The Morgan fingerprint density at radius 1 is 1.14 bits per heavy atom. The van der Waals surface area contributed by atoms with Crippen LogP contribution in [0.4, 0.5) is 18.0 Å². The highest BCUT2D eigenvalue weighted by atomic mass is 35.5. The van der Waals surface area contributed by atoms with E-state index in [1.165, 1.54) is 29.2 Å². The van der Waals surface area contributed by atoms with Gasteiger partial charge >= 0.3 is 12.2 Å². The van der Waals surface area contributed by atoms with E-state index >= 15 is 0 Å². The number of aromatic nitrogens is 3. The van der Waals surface area contributed by atoms with Gasteiger partial charge in [0.05, 0.1) is 28.7 Å². The maximum atomic E-state index is 13.7. The molecule has 1 aromatic heterocycles. The Balaban J connectivity index is 1.45. The molecule has 2 aromatic rings. The lowest BCUT2D eigenvalue weighted by atomic mass is 10.1. The predicted molar refractivity (Wildman–Crippen MR) is 124 cm³/mol. The lowest BCUT2D eigenvalue weighted by Gasteiger charge is -2.32. The van der Waals surface area contributed by atoms with Crippen LogP contribution in [-0.2, 0) is 14.6 Å². The molecule has 2 aliphatic carbocycles. The second-order valence-electron chi connectivity index (χ2n) is 10.0. The second-order valence-corrected chi connectivity index (χ2v) is 12.6. The summed E-state index contributed by atoms with van der Waals surface area (Å²) in [5, 5.41) is 6.67. The number of carbonyl (C=O) groups is 2. The van der Waals surface area contributed by atoms with Crippen LogP contribution in [0.1, 0.15) is 38.4 Å². The van der Waals surface area contributed by atoms with E-state index < -0.39 is 70.1 Å². The standard InChI is InChI=1S/C22H24ClF3N6O4S/c1-13-27-12-28-32(13)14-3-4-17(16(23)9-14)37(35,36)15-10-30(18(33)21(7-8-21)22(24,25)26)31(11-15)19(34)29-20(2)5-6-20/h3-4,9,12,15H,5-8,10-11H2,1-2H3,(H,29,34)/t15-/m0/s1. The number of aryl methyl sites for hydroxylation is 1. The third kappa shape index (κ3) is 4.33.